The first-order valence-corrected chi connectivity index (χ1v) is 5.90. The summed E-state index contributed by atoms with van der Waals surface area (Å²) in [5, 5.41) is 3.48. The van der Waals surface area contributed by atoms with Crippen molar-refractivity contribution in [3.05, 3.63) is 48.3 Å². The number of imidazole rings is 1. The molecule has 0 saturated carbocycles. The van der Waals surface area contributed by atoms with Gasteiger partial charge in [-0.15, -0.1) is 0 Å². The molecule has 90 valence electrons. The Hall–Kier alpha value is -1.68. The van der Waals surface area contributed by atoms with Crippen molar-refractivity contribution >= 4 is 0 Å². The van der Waals surface area contributed by atoms with Crippen molar-refractivity contribution < 1.29 is 0 Å². The van der Waals surface area contributed by atoms with Crippen LogP contribution < -0.4 is 5.32 Å². The highest BCUT2D eigenvalue weighted by Crippen LogP contribution is 2.16. The monoisotopic (exact) mass is 230 g/mol. The molecule has 1 unspecified atom stereocenters. The maximum atomic E-state index is 4.37. The number of aryl methyl sites for hydroxylation is 1. The van der Waals surface area contributed by atoms with E-state index in [1.807, 2.05) is 31.8 Å². The van der Waals surface area contributed by atoms with E-state index in [0.717, 1.165) is 18.8 Å². The maximum absolute atomic E-state index is 4.37. The highest BCUT2D eigenvalue weighted by molar-refractivity contribution is 5.16. The van der Waals surface area contributed by atoms with E-state index in [-0.39, 0.29) is 0 Å². The lowest BCUT2D eigenvalue weighted by Gasteiger charge is -2.17. The molecule has 2 aromatic heterocycles. The number of rotatable bonds is 5. The number of hydrogen-bond donors (Lipinski definition) is 1. The highest BCUT2D eigenvalue weighted by atomic mass is 15.0. The van der Waals surface area contributed by atoms with Gasteiger partial charge in [0.25, 0.3) is 0 Å². The summed E-state index contributed by atoms with van der Waals surface area (Å²) in [4.78, 5) is 8.42. The molecule has 1 atom stereocenters. The predicted molar refractivity (Wildman–Crippen MR) is 67.6 cm³/mol. The van der Waals surface area contributed by atoms with Crippen LogP contribution in [0.25, 0.3) is 0 Å². The quantitative estimate of drug-likeness (QED) is 0.850. The zero-order chi connectivity index (χ0) is 12.1. The van der Waals surface area contributed by atoms with Crippen molar-refractivity contribution in [2.75, 3.05) is 6.54 Å². The van der Waals surface area contributed by atoms with Gasteiger partial charge in [-0.2, -0.15) is 0 Å². The molecule has 2 aromatic rings. The van der Waals surface area contributed by atoms with Crippen molar-refractivity contribution in [2.24, 2.45) is 7.05 Å². The van der Waals surface area contributed by atoms with Crippen molar-refractivity contribution in [1.29, 1.82) is 0 Å². The van der Waals surface area contributed by atoms with Gasteiger partial charge in [-0.05, 0) is 24.2 Å². The Balaban J connectivity index is 2.16. The van der Waals surface area contributed by atoms with E-state index in [9.17, 15) is 0 Å². The van der Waals surface area contributed by atoms with Crippen molar-refractivity contribution in [1.82, 2.24) is 19.9 Å². The van der Waals surface area contributed by atoms with E-state index >= 15 is 0 Å². The summed E-state index contributed by atoms with van der Waals surface area (Å²) in [5.74, 6) is 1.09. The molecule has 4 nitrogen and oxygen atoms in total. The molecule has 17 heavy (non-hydrogen) atoms. The van der Waals surface area contributed by atoms with E-state index in [0.29, 0.717) is 6.04 Å². The fourth-order valence-electron chi connectivity index (χ4n) is 1.93. The van der Waals surface area contributed by atoms with Crippen LogP contribution >= 0.6 is 0 Å². The van der Waals surface area contributed by atoms with Crippen LogP contribution in [0.2, 0.25) is 0 Å². The average Bonchev–Trinajstić information content (AvgIpc) is 2.76. The molecule has 0 spiro atoms. The zero-order valence-corrected chi connectivity index (χ0v) is 10.3. The van der Waals surface area contributed by atoms with E-state index in [4.69, 9.17) is 0 Å². The molecule has 1 N–H and O–H groups in total. The van der Waals surface area contributed by atoms with Crippen LogP contribution in [-0.2, 0) is 13.5 Å². The number of hydrogen-bond acceptors (Lipinski definition) is 3. The molecule has 2 heterocycles. The van der Waals surface area contributed by atoms with Gasteiger partial charge in [-0.25, -0.2) is 4.98 Å². The lowest BCUT2D eigenvalue weighted by atomic mass is 10.0. The highest BCUT2D eigenvalue weighted by Gasteiger charge is 2.13. The minimum absolute atomic E-state index is 0.295. The fourth-order valence-corrected chi connectivity index (χ4v) is 1.93. The Kier molecular flexibility index (Phi) is 3.88. The lowest BCUT2D eigenvalue weighted by molar-refractivity contribution is 0.528. The first-order chi connectivity index (χ1) is 8.31. The second-order valence-electron chi connectivity index (χ2n) is 4.05. The average molecular weight is 230 g/mol. The van der Waals surface area contributed by atoms with Gasteiger partial charge in [0, 0.05) is 44.3 Å². The molecule has 0 aliphatic heterocycles. The summed E-state index contributed by atoms with van der Waals surface area (Å²) in [5.41, 5.74) is 1.25. The number of nitrogens with one attached hydrogen (secondary N) is 1. The third-order valence-corrected chi connectivity index (χ3v) is 2.87. The second-order valence-corrected chi connectivity index (χ2v) is 4.05. The van der Waals surface area contributed by atoms with Crippen LogP contribution in [0.3, 0.4) is 0 Å². The molecular formula is C13H18N4. The van der Waals surface area contributed by atoms with Gasteiger partial charge in [0.05, 0.1) is 0 Å². The van der Waals surface area contributed by atoms with E-state index in [1.165, 1.54) is 5.56 Å². The van der Waals surface area contributed by atoms with Crippen LogP contribution in [-0.4, -0.2) is 21.1 Å². The lowest BCUT2D eigenvalue weighted by Crippen LogP contribution is -2.24. The molecule has 0 bridgehead atoms. The summed E-state index contributed by atoms with van der Waals surface area (Å²) in [7, 11) is 2.03. The minimum atomic E-state index is 0.295. The van der Waals surface area contributed by atoms with Gasteiger partial charge < -0.3 is 9.88 Å². The van der Waals surface area contributed by atoms with Crippen LogP contribution in [0.5, 0.6) is 0 Å². The Bertz CT molecular complexity index is 449. The van der Waals surface area contributed by atoms with Crippen LogP contribution in [0.4, 0.5) is 0 Å². The van der Waals surface area contributed by atoms with Gasteiger partial charge in [-0.1, -0.05) is 6.92 Å². The van der Waals surface area contributed by atoms with Crippen molar-refractivity contribution in [3.8, 4) is 0 Å². The Morgan fingerprint density at radius 2 is 2.06 bits per heavy atom. The molecule has 0 aliphatic carbocycles. The summed E-state index contributed by atoms with van der Waals surface area (Å²) >= 11 is 0. The number of aromatic nitrogens is 3. The first-order valence-electron chi connectivity index (χ1n) is 5.90. The molecule has 2 rings (SSSR count). The molecule has 0 amide bonds. The topological polar surface area (TPSA) is 42.7 Å². The van der Waals surface area contributed by atoms with Crippen molar-refractivity contribution in [3.63, 3.8) is 0 Å². The molecular weight excluding hydrogens is 212 g/mol. The van der Waals surface area contributed by atoms with E-state index < -0.39 is 0 Å². The van der Waals surface area contributed by atoms with E-state index in [1.54, 1.807) is 0 Å². The fraction of sp³-hybridized carbons (Fsp3) is 0.385. The first kappa shape index (κ1) is 11.8. The summed E-state index contributed by atoms with van der Waals surface area (Å²) in [6.07, 6.45) is 8.37. The predicted octanol–water partition coefficient (Wildman–Crippen LogP) is 1.71. The summed E-state index contributed by atoms with van der Waals surface area (Å²) in [6.45, 7) is 3.06. The smallest absolute Gasteiger partial charge is 0.110 e. The van der Waals surface area contributed by atoms with Crippen LogP contribution in [0, 0.1) is 0 Å². The van der Waals surface area contributed by atoms with Crippen LogP contribution in [0.1, 0.15) is 24.4 Å². The standard InChI is InChI=1S/C13H18N4/c1-3-15-12(11-4-6-14-7-5-11)10-13-16-8-9-17(13)2/h4-9,12,15H,3,10H2,1-2H3. The molecule has 0 saturated heterocycles. The Labute approximate surface area is 102 Å². The van der Waals surface area contributed by atoms with Gasteiger partial charge in [0.15, 0.2) is 0 Å². The van der Waals surface area contributed by atoms with E-state index in [2.05, 4.69) is 38.9 Å². The second kappa shape index (κ2) is 5.59. The number of likely N-dealkylation sites (N-methyl/N-ethyl adjacent to an activating group) is 1. The summed E-state index contributed by atoms with van der Waals surface area (Å²) < 4.78 is 2.06. The molecule has 0 aromatic carbocycles. The molecule has 0 radical (unpaired) electrons. The molecule has 0 aliphatic rings. The number of pyridine rings is 1. The van der Waals surface area contributed by atoms with Gasteiger partial charge in [0.2, 0.25) is 0 Å². The third-order valence-electron chi connectivity index (χ3n) is 2.87. The number of nitrogens with zero attached hydrogens (tertiary/aromatic N) is 3. The Morgan fingerprint density at radius 3 is 2.65 bits per heavy atom. The van der Waals surface area contributed by atoms with Gasteiger partial charge in [-0.3, -0.25) is 4.98 Å². The van der Waals surface area contributed by atoms with Gasteiger partial charge in [0.1, 0.15) is 5.82 Å². The molecule has 4 heteroatoms. The Morgan fingerprint density at radius 1 is 1.29 bits per heavy atom. The normalized spacial score (nSPS) is 12.6. The molecule has 0 fully saturated rings. The van der Waals surface area contributed by atoms with Gasteiger partial charge >= 0.3 is 0 Å². The maximum Gasteiger partial charge on any atom is 0.110 e. The van der Waals surface area contributed by atoms with Crippen LogP contribution in [0.15, 0.2) is 36.9 Å². The SMILES string of the molecule is CCNC(Cc1nccn1C)c1ccncc1. The van der Waals surface area contributed by atoms with Crippen molar-refractivity contribution in [2.45, 2.75) is 19.4 Å². The third kappa shape index (κ3) is 2.91. The minimum Gasteiger partial charge on any atom is -0.338 e. The zero-order valence-electron chi connectivity index (χ0n) is 10.3. The largest absolute Gasteiger partial charge is 0.338 e. The summed E-state index contributed by atoms with van der Waals surface area (Å²) in [6, 6.07) is 4.40.